The molecule has 0 aromatic heterocycles. The number of hydrogen-bond donors (Lipinski definition) is 1. The van der Waals surface area contributed by atoms with Gasteiger partial charge in [0.25, 0.3) is 0 Å². The highest BCUT2D eigenvalue weighted by Crippen LogP contribution is 2.30. The Morgan fingerprint density at radius 3 is 2.64 bits per heavy atom. The van der Waals surface area contributed by atoms with E-state index in [0.717, 1.165) is 28.1 Å². The van der Waals surface area contributed by atoms with Crippen LogP contribution < -0.4 is 10.2 Å². The maximum atomic E-state index is 12.6. The van der Waals surface area contributed by atoms with Crippen LogP contribution in [0.5, 0.6) is 0 Å². The molecule has 1 unspecified atom stereocenters. The molecule has 4 nitrogen and oxygen atoms in total. The number of nitrogens with zero attached hydrogens (tertiary/aromatic N) is 1. The van der Waals surface area contributed by atoms with Crippen LogP contribution in [0.25, 0.3) is 0 Å². The Balaban J connectivity index is 1.75. The quantitative estimate of drug-likeness (QED) is 0.893. The van der Waals surface area contributed by atoms with Crippen molar-refractivity contribution in [3.05, 3.63) is 58.1 Å². The lowest BCUT2D eigenvalue weighted by Gasteiger charge is -2.19. The fraction of sp³-hybridized carbons (Fsp3) is 0.300. The van der Waals surface area contributed by atoms with E-state index in [1.165, 1.54) is 0 Å². The number of carbonyl (C=O) groups excluding carboxylic acids is 2. The van der Waals surface area contributed by atoms with Crippen LogP contribution in [0.3, 0.4) is 0 Å². The van der Waals surface area contributed by atoms with Gasteiger partial charge in [-0.05, 0) is 61.7 Å². The summed E-state index contributed by atoms with van der Waals surface area (Å²) in [5.41, 5.74) is 4.72. The molecule has 1 aliphatic rings. The fourth-order valence-corrected chi connectivity index (χ4v) is 3.39. The molecular weight excluding hydrogens is 336 g/mol. The minimum atomic E-state index is -0.359. The number of anilines is 2. The van der Waals surface area contributed by atoms with Gasteiger partial charge in [0, 0.05) is 29.4 Å². The number of hydrogen-bond acceptors (Lipinski definition) is 2. The molecule has 2 aromatic carbocycles. The first-order valence-corrected chi connectivity index (χ1v) is 8.68. The summed E-state index contributed by atoms with van der Waals surface area (Å²) in [5, 5.41) is 3.61. The number of aryl methyl sites for hydroxylation is 2. The zero-order chi connectivity index (χ0) is 18.1. The summed E-state index contributed by atoms with van der Waals surface area (Å²) in [6.07, 6.45) is 0.221. The number of carbonyl (C=O) groups is 2. The fourth-order valence-electron chi connectivity index (χ4n) is 3.16. The Kier molecular flexibility index (Phi) is 4.82. The van der Waals surface area contributed by atoms with E-state index in [-0.39, 0.29) is 24.2 Å². The van der Waals surface area contributed by atoms with Crippen molar-refractivity contribution in [2.45, 2.75) is 27.2 Å². The van der Waals surface area contributed by atoms with Gasteiger partial charge in [0.2, 0.25) is 11.8 Å². The van der Waals surface area contributed by atoms with Gasteiger partial charge in [-0.2, -0.15) is 0 Å². The van der Waals surface area contributed by atoms with Gasteiger partial charge in [-0.15, -0.1) is 0 Å². The molecule has 0 aliphatic carbocycles. The second-order valence-electron chi connectivity index (χ2n) is 6.57. The highest BCUT2D eigenvalue weighted by Gasteiger charge is 2.35. The van der Waals surface area contributed by atoms with Crippen molar-refractivity contribution < 1.29 is 9.59 Å². The lowest BCUT2D eigenvalue weighted by atomic mass is 10.1. The smallest absolute Gasteiger partial charge is 0.229 e. The summed E-state index contributed by atoms with van der Waals surface area (Å²) in [6, 6.07) is 11.2. The number of rotatable bonds is 3. The van der Waals surface area contributed by atoms with Gasteiger partial charge >= 0.3 is 0 Å². The van der Waals surface area contributed by atoms with E-state index in [1.54, 1.807) is 11.0 Å². The van der Waals surface area contributed by atoms with E-state index >= 15 is 0 Å². The summed E-state index contributed by atoms with van der Waals surface area (Å²) in [4.78, 5) is 26.7. The second kappa shape index (κ2) is 6.89. The third kappa shape index (κ3) is 3.54. The second-order valence-corrected chi connectivity index (χ2v) is 7.01. The Labute approximate surface area is 152 Å². The lowest BCUT2D eigenvalue weighted by molar-refractivity contribution is -0.122. The molecule has 130 valence electrons. The van der Waals surface area contributed by atoms with Crippen molar-refractivity contribution >= 4 is 34.8 Å². The predicted octanol–water partition coefficient (Wildman–Crippen LogP) is 4.26. The largest absolute Gasteiger partial charge is 0.326 e. The molecule has 25 heavy (non-hydrogen) atoms. The summed E-state index contributed by atoms with van der Waals surface area (Å²) in [6.45, 7) is 6.29. The molecule has 1 N–H and O–H groups in total. The normalized spacial score (nSPS) is 17.0. The highest BCUT2D eigenvalue weighted by atomic mass is 35.5. The monoisotopic (exact) mass is 356 g/mol. The Bertz CT molecular complexity index is 848. The summed E-state index contributed by atoms with van der Waals surface area (Å²) < 4.78 is 0. The molecule has 1 saturated heterocycles. The summed E-state index contributed by atoms with van der Waals surface area (Å²) in [5.74, 6) is -0.509. The van der Waals surface area contributed by atoms with Crippen LogP contribution in [-0.4, -0.2) is 18.4 Å². The van der Waals surface area contributed by atoms with E-state index in [2.05, 4.69) is 5.32 Å². The van der Waals surface area contributed by atoms with Crippen molar-refractivity contribution in [2.75, 3.05) is 16.8 Å². The highest BCUT2D eigenvalue weighted by molar-refractivity contribution is 6.30. The van der Waals surface area contributed by atoms with Crippen LogP contribution in [0, 0.1) is 26.7 Å². The molecule has 1 atom stereocenters. The van der Waals surface area contributed by atoms with Crippen LogP contribution in [0.4, 0.5) is 11.4 Å². The summed E-state index contributed by atoms with van der Waals surface area (Å²) >= 11 is 5.99. The predicted molar refractivity (Wildman–Crippen MR) is 101 cm³/mol. The number of halogens is 1. The minimum absolute atomic E-state index is 0.0356. The molecule has 0 bridgehead atoms. The topological polar surface area (TPSA) is 49.4 Å². The number of amides is 2. The van der Waals surface area contributed by atoms with Crippen molar-refractivity contribution in [1.82, 2.24) is 0 Å². The van der Waals surface area contributed by atoms with Crippen molar-refractivity contribution in [2.24, 2.45) is 5.92 Å². The van der Waals surface area contributed by atoms with E-state index in [9.17, 15) is 9.59 Å². The SMILES string of the molecule is Cc1cc(Cl)ccc1N1CC(C(=O)Nc2cccc(C)c2C)CC1=O. The maximum absolute atomic E-state index is 12.6. The third-order valence-corrected chi connectivity index (χ3v) is 5.04. The first-order chi connectivity index (χ1) is 11.9. The molecule has 0 radical (unpaired) electrons. The number of benzene rings is 2. The Morgan fingerprint density at radius 2 is 1.92 bits per heavy atom. The van der Waals surface area contributed by atoms with Crippen LogP contribution in [-0.2, 0) is 9.59 Å². The van der Waals surface area contributed by atoms with Gasteiger partial charge in [0.05, 0.1) is 5.92 Å². The van der Waals surface area contributed by atoms with Crippen LogP contribution in [0.15, 0.2) is 36.4 Å². The average Bonchev–Trinajstić information content (AvgIpc) is 2.94. The number of nitrogens with one attached hydrogen (secondary N) is 1. The van der Waals surface area contributed by atoms with Crippen LogP contribution >= 0.6 is 11.6 Å². The average molecular weight is 357 g/mol. The third-order valence-electron chi connectivity index (χ3n) is 4.81. The van der Waals surface area contributed by atoms with Gasteiger partial charge in [0.1, 0.15) is 0 Å². The van der Waals surface area contributed by atoms with Crippen molar-refractivity contribution in [3.8, 4) is 0 Å². The van der Waals surface area contributed by atoms with E-state index < -0.39 is 0 Å². The van der Waals surface area contributed by atoms with Crippen LogP contribution in [0.2, 0.25) is 5.02 Å². The Morgan fingerprint density at radius 1 is 1.16 bits per heavy atom. The molecule has 0 saturated carbocycles. The van der Waals surface area contributed by atoms with Gasteiger partial charge in [-0.3, -0.25) is 9.59 Å². The molecule has 1 aliphatic heterocycles. The van der Waals surface area contributed by atoms with E-state index in [4.69, 9.17) is 11.6 Å². The van der Waals surface area contributed by atoms with Crippen molar-refractivity contribution in [1.29, 1.82) is 0 Å². The summed E-state index contributed by atoms with van der Waals surface area (Å²) in [7, 11) is 0. The lowest BCUT2D eigenvalue weighted by Crippen LogP contribution is -2.28. The first kappa shape index (κ1) is 17.5. The maximum Gasteiger partial charge on any atom is 0.229 e. The molecule has 1 heterocycles. The molecule has 2 aromatic rings. The van der Waals surface area contributed by atoms with E-state index in [0.29, 0.717) is 11.6 Å². The first-order valence-electron chi connectivity index (χ1n) is 8.30. The molecule has 5 heteroatoms. The van der Waals surface area contributed by atoms with Gasteiger partial charge in [-0.1, -0.05) is 23.7 Å². The van der Waals surface area contributed by atoms with Gasteiger partial charge in [-0.25, -0.2) is 0 Å². The molecular formula is C20H21ClN2O2. The zero-order valence-corrected chi connectivity index (χ0v) is 15.4. The minimum Gasteiger partial charge on any atom is -0.326 e. The zero-order valence-electron chi connectivity index (χ0n) is 14.6. The standard InChI is InChI=1S/C20H21ClN2O2/c1-12-5-4-6-17(14(12)3)22-20(25)15-10-19(24)23(11-15)18-8-7-16(21)9-13(18)2/h4-9,15H,10-11H2,1-3H3,(H,22,25). The van der Waals surface area contributed by atoms with Crippen LogP contribution in [0.1, 0.15) is 23.1 Å². The molecule has 0 spiro atoms. The van der Waals surface area contributed by atoms with Gasteiger partial charge < -0.3 is 10.2 Å². The molecule has 1 fully saturated rings. The van der Waals surface area contributed by atoms with Gasteiger partial charge in [0.15, 0.2) is 0 Å². The molecule has 3 rings (SSSR count). The molecule has 2 amide bonds. The van der Waals surface area contributed by atoms with E-state index in [1.807, 2.05) is 51.1 Å². The Hall–Kier alpha value is -2.33. The van der Waals surface area contributed by atoms with Crippen molar-refractivity contribution in [3.63, 3.8) is 0 Å².